The van der Waals surface area contributed by atoms with Crippen molar-refractivity contribution in [3.05, 3.63) is 102 Å². The van der Waals surface area contributed by atoms with Gasteiger partial charge in [0.2, 0.25) is 5.91 Å². The van der Waals surface area contributed by atoms with Crippen LogP contribution in [0.25, 0.3) is 5.69 Å². The van der Waals surface area contributed by atoms with Crippen LogP contribution in [0.2, 0.25) is 0 Å². The molecule has 1 aromatic heterocycles. The van der Waals surface area contributed by atoms with Crippen molar-refractivity contribution in [1.82, 2.24) is 9.78 Å². The van der Waals surface area contributed by atoms with Crippen molar-refractivity contribution in [2.75, 3.05) is 41.8 Å². The second-order valence-electron chi connectivity index (χ2n) is 9.77. The normalized spacial score (nSPS) is 13.7. The van der Waals surface area contributed by atoms with Crippen LogP contribution in [0.5, 0.6) is 0 Å². The van der Waals surface area contributed by atoms with E-state index in [0.717, 1.165) is 43.2 Å². The number of anilines is 3. The van der Waals surface area contributed by atoms with Crippen LogP contribution in [-0.4, -0.2) is 47.9 Å². The average molecular weight is 510 g/mol. The molecule has 8 heteroatoms. The maximum Gasteiger partial charge on any atom is 0.255 e. The summed E-state index contributed by atoms with van der Waals surface area (Å²) in [6.07, 6.45) is 3.34. The van der Waals surface area contributed by atoms with Crippen molar-refractivity contribution < 1.29 is 14.3 Å². The molecule has 0 aliphatic carbocycles. The number of carbonyl (C=O) groups is 2. The van der Waals surface area contributed by atoms with Crippen LogP contribution in [0.15, 0.2) is 91.3 Å². The molecule has 0 spiro atoms. The number of benzene rings is 3. The van der Waals surface area contributed by atoms with Gasteiger partial charge >= 0.3 is 0 Å². The van der Waals surface area contributed by atoms with Crippen molar-refractivity contribution in [3.63, 3.8) is 0 Å². The lowest BCUT2D eigenvalue weighted by atomic mass is 9.84. The first-order valence-corrected chi connectivity index (χ1v) is 12.7. The monoisotopic (exact) mass is 509 g/mol. The second-order valence-corrected chi connectivity index (χ2v) is 9.77. The minimum atomic E-state index is -0.707. The number of ether oxygens (including phenoxy) is 1. The second kappa shape index (κ2) is 10.9. The highest BCUT2D eigenvalue weighted by atomic mass is 16.5. The Hall–Kier alpha value is -4.43. The van der Waals surface area contributed by atoms with E-state index in [1.165, 1.54) is 0 Å². The van der Waals surface area contributed by atoms with Crippen LogP contribution >= 0.6 is 0 Å². The Labute approximate surface area is 222 Å². The molecule has 0 unspecified atom stereocenters. The Morgan fingerprint density at radius 1 is 0.842 bits per heavy atom. The van der Waals surface area contributed by atoms with Gasteiger partial charge in [-0.15, -0.1) is 0 Å². The summed E-state index contributed by atoms with van der Waals surface area (Å²) in [5, 5.41) is 10.3. The molecule has 4 aromatic rings. The Bertz CT molecular complexity index is 1410. The third-order valence-electron chi connectivity index (χ3n) is 6.78. The van der Waals surface area contributed by atoms with E-state index in [1.54, 1.807) is 29.2 Å². The molecular weight excluding hydrogens is 478 g/mol. The number of aromatic nitrogens is 2. The van der Waals surface area contributed by atoms with E-state index < -0.39 is 5.41 Å². The number of rotatable bonds is 7. The molecule has 1 saturated heterocycles. The van der Waals surface area contributed by atoms with Crippen molar-refractivity contribution in [2.24, 2.45) is 0 Å². The van der Waals surface area contributed by atoms with E-state index in [2.05, 4.69) is 20.6 Å². The number of nitrogens with zero attached hydrogens (tertiary/aromatic N) is 3. The SMILES string of the molecule is CC(C)(C(=O)Nc1cnn(-c2cccc(C(=O)Nc3ccc(N4CCOCC4)cc3)c2)c1)c1ccccc1. The van der Waals surface area contributed by atoms with Gasteiger partial charge in [-0.25, -0.2) is 4.68 Å². The summed E-state index contributed by atoms with van der Waals surface area (Å²) in [5.41, 5.74) is 3.86. The predicted molar refractivity (Wildman–Crippen MR) is 149 cm³/mol. The van der Waals surface area contributed by atoms with E-state index in [4.69, 9.17) is 4.74 Å². The molecule has 3 aromatic carbocycles. The molecule has 2 N–H and O–H groups in total. The first-order valence-electron chi connectivity index (χ1n) is 12.7. The number of hydrogen-bond donors (Lipinski definition) is 2. The summed E-state index contributed by atoms with van der Waals surface area (Å²) in [5.74, 6) is -0.340. The fourth-order valence-electron chi connectivity index (χ4n) is 4.37. The quantitative estimate of drug-likeness (QED) is 0.371. The largest absolute Gasteiger partial charge is 0.378 e. The number of nitrogens with one attached hydrogen (secondary N) is 2. The van der Waals surface area contributed by atoms with Gasteiger partial charge in [0.1, 0.15) is 0 Å². The summed E-state index contributed by atoms with van der Waals surface area (Å²) >= 11 is 0. The van der Waals surface area contributed by atoms with Gasteiger partial charge < -0.3 is 20.3 Å². The lowest BCUT2D eigenvalue weighted by Crippen LogP contribution is -2.36. The fraction of sp³-hybridized carbons (Fsp3) is 0.233. The number of morpholine rings is 1. The smallest absolute Gasteiger partial charge is 0.255 e. The molecule has 2 heterocycles. The summed E-state index contributed by atoms with van der Waals surface area (Å²) in [6.45, 7) is 6.96. The fourth-order valence-corrected chi connectivity index (χ4v) is 4.37. The molecule has 194 valence electrons. The van der Waals surface area contributed by atoms with Crippen LogP contribution in [0.3, 0.4) is 0 Å². The predicted octanol–water partition coefficient (Wildman–Crippen LogP) is 4.88. The minimum absolute atomic E-state index is 0.129. The van der Waals surface area contributed by atoms with E-state index in [-0.39, 0.29) is 11.8 Å². The molecule has 0 radical (unpaired) electrons. The molecule has 5 rings (SSSR count). The van der Waals surface area contributed by atoms with Crippen molar-refractivity contribution in [2.45, 2.75) is 19.3 Å². The summed E-state index contributed by atoms with van der Waals surface area (Å²) < 4.78 is 7.05. The average Bonchev–Trinajstić information content (AvgIpc) is 3.43. The zero-order chi connectivity index (χ0) is 26.5. The Kier molecular flexibility index (Phi) is 7.24. The zero-order valence-electron chi connectivity index (χ0n) is 21.6. The number of hydrogen-bond acceptors (Lipinski definition) is 5. The summed E-state index contributed by atoms with van der Waals surface area (Å²) in [7, 11) is 0. The number of amides is 2. The minimum Gasteiger partial charge on any atom is -0.378 e. The molecule has 1 aliphatic rings. The highest BCUT2D eigenvalue weighted by Gasteiger charge is 2.29. The first-order chi connectivity index (χ1) is 18.4. The van der Waals surface area contributed by atoms with Gasteiger partial charge in [0.15, 0.2) is 0 Å². The van der Waals surface area contributed by atoms with Crippen LogP contribution < -0.4 is 15.5 Å². The number of carbonyl (C=O) groups excluding carboxylic acids is 2. The summed E-state index contributed by atoms with van der Waals surface area (Å²) in [6, 6.07) is 24.7. The Morgan fingerprint density at radius 2 is 1.58 bits per heavy atom. The lowest BCUT2D eigenvalue weighted by Gasteiger charge is -2.28. The van der Waals surface area contributed by atoms with Crippen LogP contribution in [0.1, 0.15) is 29.8 Å². The van der Waals surface area contributed by atoms with Crippen LogP contribution in [0, 0.1) is 0 Å². The van der Waals surface area contributed by atoms with E-state index in [0.29, 0.717) is 16.9 Å². The molecule has 1 fully saturated rings. The summed E-state index contributed by atoms with van der Waals surface area (Å²) in [4.78, 5) is 28.2. The van der Waals surface area contributed by atoms with Gasteiger partial charge in [-0.3, -0.25) is 9.59 Å². The lowest BCUT2D eigenvalue weighted by molar-refractivity contribution is -0.120. The van der Waals surface area contributed by atoms with Crippen molar-refractivity contribution in [1.29, 1.82) is 0 Å². The molecule has 8 nitrogen and oxygen atoms in total. The molecule has 38 heavy (non-hydrogen) atoms. The third kappa shape index (κ3) is 5.60. The maximum absolute atomic E-state index is 13.0. The van der Waals surface area contributed by atoms with Gasteiger partial charge in [-0.1, -0.05) is 36.4 Å². The van der Waals surface area contributed by atoms with Crippen molar-refractivity contribution in [3.8, 4) is 5.69 Å². The molecular formula is C30H31N5O3. The van der Waals surface area contributed by atoms with E-state index >= 15 is 0 Å². The van der Waals surface area contributed by atoms with Gasteiger partial charge in [0, 0.05) is 30.0 Å². The van der Waals surface area contributed by atoms with Crippen molar-refractivity contribution >= 4 is 28.9 Å². The first kappa shape index (κ1) is 25.2. The standard InChI is InChI=1S/C30H31N5O3/c1-30(2,23-8-4-3-5-9-23)29(37)33-25-20-31-35(21-25)27-10-6-7-22(19-27)28(36)32-24-11-13-26(14-12-24)34-15-17-38-18-16-34/h3-14,19-21H,15-18H2,1-2H3,(H,32,36)(H,33,37). The molecule has 1 aliphatic heterocycles. The highest BCUT2D eigenvalue weighted by Crippen LogP contribution is 2.25. The van der Waals surface area contributed by atoms with E-state index in [1.807, 2.05) is 80.6 Å². The Morgan fingerprint density at radius 3 is 2.32 bits per heavy atom. The van der Waals surface area contributed by atoms with Crippen LogP contribution in [0.4, 0.5) is 17.1 Å². The molecule has 0 saturated carbocycles. The van der Waals surface area contributed by atoms with E-state index in [9.17, 15) is 9.59 Å². The third-order valence-corrected chi connectivity index (χ3v) is 6.78. The maximum atomic E-state index is 13.0. The Balaban J connectivity index is 1.24. The molecule has 0 atom stereocenters. The molecule has 0 bridgehead atoms. The van der Waals surface area contributed by atoms with Gasteiger partial charge in [-0.2, -0.15) is 5.10 Å². The highest BCUT2D eigenvalue weighted by molar-refractivity contribution is 6.04. The topological polar surface area (TPSA) is 88.5 Å². The van der Waals surface area contributed by atoms with Gasteiger partial charge in [0.25, 0.3) is 5.91 Å². The van der Waals surface area contributed by atoms with Gasteiger partial charge in [-0.05, 0) is 61.9 Å². The molecule has 2 amide bonds. The zero-order valence-corrected chi connectivity index (χ0v) is 21.6. The van der Waals surface area contributed by atoms with Crippen LogP contribution in [-0.2, 0) is 14.9 Å². The van der Waals surface area contributed by atoms with Gasteiger partial charge in [0.05, 0.1) is 42.4 Å².